The second kappa shape index (κ2) is 5.61. The first-order chi connectivity index (χ1) is 9.14. The predicted octanol–water partition coefficient (Wildman–Crippen LogP) is 1.69. The van der Waals surface area contributed by atoms with Crippen molar-refractivity contribution in [3.8, 4) is 0 Å². The van der Waals surface area contributed by atoms with Gasteiger partial charge in [0.2, 0.25) is 5.91 Å². The number of fused-ring (bicyclic) bond motifs is 1. The molecule has 1 heterocycles. The summed E-state index contributed by atoms with van der Waals surface area (Å²) in [5.74, 6) is -0.0334. The molecule has 0 saturated carbocycles. The van der Waals surface area contributed by atoms with Crippen LogP contribution in [-0.2, 0) is 11.2 Å². The number of nitrogens with one attached hydrogen (secondary N) is 2. The molecule has 0 spiro atoms. The summed E-state index contributed by atoms with van der Waals surface area (Å²) >= 11 is 0. The summed E-state index contributed by atoms with van der Waals surface area (Å²) in [5.41, 5.74) is 1.71. The highest BCUT2D eigenvalue weighted by molar-refractivity contribution is 5.87. The Kier molecular flexibility index (Phi) is 4.10. The number of hydrogen-bond donors (Lipinski definition) is 3. The lowest BCUT2D eigenvalue weighted by Gasteiger charge is -2.32. The Balaban J connectivity index is 2.03. The van der Waals surface area contributed by atoms with Crippen LogP contribution in [0.2, 0.25) is 0 Å². The normalized spacial score (nSPS) is 17.7. The number of benzene rings is 1. The maximum Gasteiger partial charge on any atom is 0.243 e. The Morgan fingerprint density at radius 1 is 1.42 bits per heavy atom. The van der Waals surface area contributed by atoms with Crippen LogP contribution in [0, 0.1) is 0 Å². The van der Waals surface area contributed by atoms with Gasteiger partial charge in [0.25, 0.3) is 0 Å². The second-order valence-electron chi connectivity index (χ2n) is 5.19. The van der Waals surface area contributed by atoms with Gasteiger partial charge in [-0.05, 0) is 24.5 Å². The van der Waals surface area contributed by atoms with Gasteiger partial charge in [0.05, 0.1) is 12.1 Å². The fraction of sp³-hybridized carbons (Fsp3) is 0.533. The van der Waals surface area contributed by atoms with Crippen LogP contribution < -0.4 is 10.6 Å². The summed E-state index contributed by atoms with van der Waals surface area (Å²) in [6, 6.07) is 7.73. The van der Waals surface area contributed by atoms with Crippen molar-refractivity contribution in [3.63, 3.8) is 0 Å². The highest BCUT2D eigenvalue weighted by atomic mass is 16.3. The van der Waals surface area contributed by atoms with Gasteiger partial charge in [-0.2, -0.15) is 0 Å². The molecule has 0 aromatic heterocycles. The third kappa shape index (κ3) is 2.73. The molecule has 2 rings (SSSR count). The van der Waals surface area contributed by atoms with Crippen molar-refractivity contribution < 1.29 is 9.90 Å². The van der Waals surface area contributed by atoms with Crippen molar-refractivity contribution >= 4 is 11.6 Å². The zero-order valence-corrected chi connectivity index (χ0v) is 11.6. The Hall–Kier alpha value is -1.55. The molecule has 0 aliphatic carbocycles. The van der Waals surface area contributed by atoms with Crippen LogP contribution in [-0.4, -0.2) is 29.2 Å². The molecule has 1 atom stereocenters. The number of rotatable bonds is 5. The minimum absolute atomic E-state index is 0.0224. The number of para-hydroxylation sites is 1. The molecular formula is C15H22N2O2. The molecule has 3 N–H and O–H groups in total. The number of aliphatic hydroxyl groups excluding tert-OH is 1. The molecule has 1 unspecified atom stereocenters. The Morgan fingerprint density at radius 2 is 2.11 bits per heavy atom. The van der Waals surface area contributed by atoms with E-state index in [9.17, 15) is 9.90 Å². The van der Waals surface area contributed by atoms with E-state index in [1.807, 2.05) is 38.1 Å². The molecule has 1 aromatic carbocycles. The molecule has 1 amide bonds. The van der Waals surface area contributed by atoms with Crippen molar-refractivity contribution in [1.82, 2.24) is 5.32 Å². The Labute approximate surface area is 114 Å². The molecule has 1 aliphatic rings. The van der Waals surface area contributed by atoms with Crippen molar-refractivity contribution in [2.45, 2.75) is 44.7 Å². The van der Waals surface area contributed by atoms with Gasteiger partial charge < -0.3 is 15.7 Å². The van der Waals surface area contributed by atoms with E-state index in [1.165, 1.54) is 5.56 Å². The standard InChI is InChI=1S/C15H22N2O2/c1-3-15(4-2,10-18)17-14(19)13-9-11-7-5-6-8-12(11)16-13/h5-8,13,16,18H,3-4,9-10H2,1-2H3,(H,17,19). The average molecular weight is 262 g/mol. The molecule has 104 valence electrons. The smallest absolute Gasteiger partial charge is 0.243 e. The van der Waals surface area contributed by atoms with Crippen LogP contribution >= 0.6 is 0 Å². The zero-order chi connectivity index (χ0) is 13.9. The van der Waals surface area contributed by atoms with Gasteiger partial charge in [-0.25, -0.2) is 0 Å². The summed E-state index contributed by atoms with van der Waals surface area (Å²) in [6.07, 6.45) is 2.16. The first-order valence-electron chi connectivity index (χ1n) is 6.91. The van der Waals surface area contributed by atoms with Gasteiger partial charge in [-0.1, -0.05) is 32.0 Å². The van der Waals surface area contributed by atoms with Gasteiger partial charge in [0.15, 0.2) is 0 Å². The number of hydrogen-bond acceptors (Lipinski definition) is 3. The molecule has 1 aliphatic heterocycles. The quantitative estimate of drug-likeness (QED) is 0.757. The summed E-state index contributed by atoms with van der Waals surface area (Å²) in [5, 5.41) is 15.7. The van der Waals surface area contributed by atoms with Crippen molar-refractivity contribution in [3.05, 3.63) is 29.8 Å². The lowest BCUT2D eigenvalue weighted by Crippen LogP contribution is -2.54. The number of carbonyl (C=O) groups is 1. The molecular weight excluding hydrogens is 240 g/mol. The molecule has 4 heteroatoms. The van der Waals surface area contributed by atoms with Gasteiger partial charge >= 0.3 is 0 Å². The van der Waals surface area contributed by atoms with E-state index in [0.717, 1.165) is 18.5 Å². The minimum atomic E-state index is -0.493. The molecule has 19 heavy (non-hydrogen) atoms. The Morgan fingerprint density at radius 3 is 2.68 bits per heavy atom. The van der Waals surface area contributed by atoms with Crippen molar-refractivity contribution in [2.24, 2.45) is 0 Å². The van der Waals surface area contributed by atoms with Crippen LogP contribution in [0.15, 0.2) is 24.3 Å². The minimum Gasteiger partial charge on any atom is -0.394 e. The number of amides is 1. The van der Waals surface area contributed by atoms with Gasteiger partial charge in [-0.3, -0.25) is 4.79 Å². The number of aliphatic hydroxyl groups is 1. The Bertz CT molecular complexity index is 422. The SMILES string of the molecule is CCC(CC)(CO)NC(=O)C1Cc2ccccc2N1. The van der Waals surface area contributed by atoms with Crippen LogP contribution in [0.3, 0.4) is 0 Å². The lowest BCUT2D eigenvalue weighted by atomic mass is 9.93. The average Bonchev–Trinajstić information content (AvgIpc) is 2.89. The van der Waals surface area contributed by atoms with E-state index in [4.69, 9.17) is 0 Å². The van der Waals surface area contributed by atoms with E-state index in [2.05, 4.69) is 10.6 Å². The zero-order valence-electron chi connectivity index (χ0n) is 11.6. The third-order valence-corrected chi connectivity index (χ3v) is 4.13. The van der Waals surface area contributed by atoms with E-state index in [0.29, 0.717) is 6.42 Å². The van der Waals surface area contributed by atoms with Crippen LogP contribution in [0.4, 0.5) is 5.69 Å². The van der Waals surface area contributed by atoms with Crippen LogP contribution in [0.5, 0.6) is 0 Å². The van der Waals surface area contributed by atoms with E-state index in [-0.39, 0.29) is 18.6 Å². The molecule has 4 nitrogen and oxygen atoms in total. The molecule has 0 radical (unpaired) electrons. The highest BCUT2D eigenvalue weighted by Crippen LogP contribution is 2.26. The van der Waals surface area contributed by atoms with E-state index >= 15 is 0 Å². The van der Waals surface area contributed by atoms with Gasteiger partial charge in [-0.15, -0.1) is 0 Å². The fourth-order valence-electron chi connectivity index (χ4n) is 2.49. The maximum atomic E-state index is 12.3. The molecule has 1 aromatic rings. The molecule has 0 saturated heterocycles. The van der Waals surface area contributed by atoms with E-state index < -0.39 is 5.54 Å². The molecule has 0 bridgehead atoms. The summed E-state index contributed by atoms with van der Waals surface area (Å²) in [6.45, 7) is 3.94. The summed E-state index contributed by atoms with van der Waals surface area (Å²) in [4.78, 5) is 12.3. The molecule has 0 fully saturated rings. The van der Waals surface area contributed by atoms with Gasteiger partial charge in [0.1, 0.15) is 6.04 Å². The highest BCUT2D eigenvalue weighted by Gasteiger charge is 2.33. The predicted molar refractivity (Wildman–Crippen MR) is 76.1 cm³/mol. The fourth-order valence-corrected chi connectivity index (χ4v) is 2.49. The number of carbonyl (C=O) groups excluding carboxylic acids is 1. The first kappa shape index (κ1) is 13.9. The van der Waals surface area contributed by atoms with Crippen molar-refractivity contribution in [2.75, 3.05) is 11.9 Å². The second-order valence-corrected chi connectivity index (χ2v) is 5.19. The third-order valence-electron chi connectivity index (χ3n) is 4.13. The van der Waals surface area contributed by atoms with Gasteiger partial charge in [0, 0.05) is 12.1 Å². The summed E-state index contributed by atoms with van der Waals surface area (Å²) < 4.78 is 0. The van der Waals surface area contributed by atoms with E-state index in [1.54, 1.807) is 0 Å². The number of anilines is 1. The van der Waals surface area contributed by atoms with Crippen LogP contribution in [0.1, 0.15) is 32.3 Å². The summed E-state index contributed by atoms with van der Waals surface area (Å²) in [7, 11) is 0. The monoisotopic (exact) mass is 262 g/mol. The first-order valence-corrected chi connectivity index (χ1v) is 6.91. The van der Waals surface area contributed by atoms with Crippen molar-refractivity contribution in [1.29, 1.82) is 0 Å². The maximum absolute atomic E-state index is 12.3. The largest absolute Gasteiger partial charge is 0.394 e. The topological polar surface area (TPSA) is 61.4 Å². The lowest BCUT2D eigenvalue weighted by molar-refractivity contribution is -0.124. The van der Waals surface area contributed by atoms with Crippen LogP contribution in [0.25, 0.3) is 0 Å².